The second-order valence-corrected chi connectivity index (χ2v) is 7.18. The van der Waals surface area contributed by atoms with Crippen molar-refractivity contribution in [3.05, 3.63) is 17.5 Å². The summed E-state index contributed by atoms with van der Waals surface area (Å²) >= 11 is 0. The van der Waals surface area contributed by atoms with Gasteiger partial charge in [0.2, 0.25) is 10.0 Å². The van der Waals surface area contributed by atoms with Gasteiger partial charge in [0.05, 0.1) is 18.5 Å². The Bertz CT molecular complexity index is 512. The first kappa shape index (κ1) is 14.5. The lowest BCUT2D eigenvalue weighted by Gasteiger charge is -2.30. The largest absolute Gasteiger partial charge is 0.360 e. The highest BCUT2D eigenvalue weighted by atomic mass is 32.2. The average Bonchev–Trinajstić information content (AvgIpc) is 2.74. The van der Waals surface area contributed by atoms with Gasteiger partial charge in [-0.05, 0) is 32.2 Å². The fourth-order valence-electron chi connectivity index (χ4n) is 2.39. The smallest absolute Gasteiger partial charge is 0.211 e. The van der Waals surface area contributed by atoms with Gasteiger partial charge in [-0.3, -0.25) is 0 Å². The summed E-state index contributed by atoms with van der Waals surface area (Å²) in [6, 6.07) is 1.90. The minimum atomic E-state index is -3.06. The van der Waals surface area contributed by atoms with E-state index in [1.807, 2.05) is 13.0 Å². The number of hydrogen-bond donors (Lipinski definition) is 1. The molecule has 0 radical (unpaired) electrons. The average molecular weight is 287 g/mol. The van der Waals surface area contributed by atoms with Crippen molar-refractivity contribution in [3.8, 4) is 0 Å². The van der Waals surface area contributed by atoms with Crippen molar-refractivity contribution < 1.29 is 12.9 Å². The quantitative estimate of drug-likeness (QED) is 0.864. The van der Waals surface area contributed by atoms with Gasteiger partial charge in [0.15, 0.2) is 5.76 Å². The number of aryl methyl sites for hydroxylation is 1. The fraction of sp³-hybridized carbons (Fsp3) is 0.750. The number of nitrogens with zero attached hydrogens (tertiary/aromatic N) is 2. The minimum Gasteiger partial charge on any atom is -0.360 e. The van der Waals surface area contributed by atoms with E-state index in [9.17, 15) is 8.42 Å². The zero-order valence-electron chi connectivity index (χ0n) is 11.4. The lowest BCUT2D eigenvalue weighted by atomic mass is 10.00. The van der Waals surface area contributed by atoms with Gasteiger partial charge >= 0.3 is 0 Å². The van der Waals surface area contributed by atoms with Gasteiger partial charge in [-0.1, -0.05) is 5.16 Å². The molecule has 1 atom stereocenters. The molecule has 0 bridgehead atoms. The van der Waals surface area contributed by atoms with Gasteiger partial charge in [0, 0.05) is 19.2 Å². The second kappa shape index (κ2) is 6.02. The van der Waals surface area contributed by atoms with E-state index in [0.29, 0.717) is 25.6 Å². The first-order valence-corrected chi connectivity index (χ1v) is 8.38. The molecule has 1 aliphatic rings. The maximum atomic E-state index is 11.5. The Balaban J connectivity index is 1.77. The van der Waals surface area contributed by atoms with E-state index in [1.165, 1.54) is 6.26 Å². The van der Waals surface area contributed by atoms with Crippen LogP contribution in [0, 0.1) is 12.8 Å². The van der Waals surface area contributed by atoms with Crippen LogP contribution in [-0.4, -0.2) is 43.8 Å². The van der Waals surface area contributed by atoms with Crippen molar-refractivity contribution >= 4 is 10.0 Å². The fourth-order valence-corrected chi connectivity index (χ4v) is 3.34. The maximum Gasteiger partial charge on any atom is 0.211 e. The van der Waals surface area contributed by atoms with Crippen molar-refractivity contribution in [2.75, 3.05) is 25.9 Å². The molecule has 1 saturated heterocycles. The first-order chi connectivity index (χ1) is 8.95. The Kier molecular flexibility index (Phi) is 4.59. The van der Waals surface area contributed by atoms with Crippen LogP contribution in [0.3, 0.4) is 0 Å². The third-order valence-electron chi connectivity index (χ3n) is 3.36. The van der Waals surface area contributed by atoms with E-state index in [4.69, 9.17) is 4.52 Å². The van der Waals surface area contributed by atoms with E-state index >= 15 is 0 Å². The molecule has 6 nitrogen and oxygen atoms in total. The van der Waals surface area contributed by atoms with E-state index in [2.05, 4.69) is 10.5 Å². The summed E-state index contributed by atoms with van der Waals surface area (Å²) in [5.41, 5.74) is 0.873. The van der Waals surface area contributed by atoms with Crippen LogP contribution in [-0.2, 0) is 16.6 Å². The topological polar surface area (TPSA) is 75.4 Å². The predicted octanol–water partition coefficient (Wildman–Crippen LogP) is 0.744. The number of aromatic nitrogens is 1. The van der Waals surface area contributed by atoms with Crippen LogP contribution in [0.15, 0.2) is 10.6 Å². The van der Waals surface area contributed by atoms with E-state index < -0.39 is 10.0 Å². The molecule has 0 saturated carbocycles. The standard InChI is InChI=1S/C12H21N3O3S/c1-10-6-12(18-14-10)8-13-7-11-4-3-5-15(9-11)19(2,16)17/h6,11,13H,3-5,7-9H2,1-2H3. The van der Waals surface area contributed by atoms with Crippen LogP contribution in [0.25, 0.3) is 0 Å². The number of hydrogen-bond acceptors (Lipinski definition) is 5. The summed E-state index contributed by atoms with van der Waals surface area (Å²) in [4.78, 5) is 0. The summed E-state index contributed by atoms with van der Waals surface area (Å²) in [7, 11) is -3.06. The molecule has 1 aromatic rings. The number of rotatable bonds is 5. The molecule has 0 aromatic carbocycles. The Morgan fingerprint density at radius 3 is 3.00 bits per heavy atom. The Morgan fingerprint density at radius 2 is 2.37 bits per heavy atom. The number of nitrogens with one attached hydrogen (secondary N) is 1. The monoisotopic (exact) mass is 287 g/mol. The van der Waals surface area contributed by atoms with E-state index in [1.54, 1.807) is 4.31 Å². The van der Waals surface area contributed by atoms with Crippen LogP contribution < -0.4 is 5.32 Å². The van der Waals surface area contributed by atoms with E-state index in [-0.39, 0.29) is 0 Å². The van der Waals surface area contributed by atoms with Gasteiger partial charge in [-0.25, -0.2) is 12.7 Å². The molecule has 2 rings (SSSR count). The highest BCUT2D eigenvalue weighted by molar-refractivity contribution is 7.88. The summed E-state index contributed by atoms with van der Waals surface area (Å²) in [5.74, 6) is 1.18. The Morgan fingerprint density at radius 1 is 1.58 bits per heavy atom. The molecule has 7 heteroatoms. The molecule has 108 valence electrons. The summed E-state index contributed by atoms with van der Waals surface area (Å²) in [6.07, 6.45) is 3.27. The molecule has 1 unspecified atom stereocenters. The van der Waals surface area contributed by atoms with Crippen molar-refractivity contribution in [1.29, 1.82) is 0 Å². The lowest BCUT2D eigenvalue weighted by molar-refractivity contribution is 0.258. The summed E-state index contributed by atoms with van der Waals surface area (Å²) in [6.45, 7) is 4.58. The first-order valence-electron chi connectivity index (χ1n) is 6.53. The Labute approximate surface area is 114 Å². The molecular weight excluding hydrogens is 266 g/mol. The molecule has 0 spiro atoms. The van der Waals surface area contributed by atoms with Crippen LogP contribution >= 0.6 is 0 Å². The molecule has 1 aromatic heterocycles. The summed E-state index contributed by atoms with van der Waals surface area (Å²) in [5, 5.41) is 7.13. The van der Waals surface area contributed by atoms with Crippen LogP contribution in [0.1, 0.15) is 24.3 Å². The number of piperidine rings is 1. The molecule has 0 amide bonds. The van der Waals surface area contributed by atoms with Crippen molar-refractivity contribution in [1.82, 2.24) is 14.8 Å². The molecule has 2 heterocycles. The van der Waals surface area contributed by atoms with Gasteiger partial charge in [-0.15, -0.1) is 0 Å². The van der Waals surface area contributed by atoms with Gasteiger partial charge < -0.3 is 9.84 Å². The lowest BCUT2D eigenvalue weighted by Crippen LogP contribution is -2.42. The molecule has 1 N–H and O–H groups in total. The van der Waals surface area contributed by atoms with Crippen LogP contribution in [0.2, 0.25) is 0 Å². The molecular formula is C12H21N3O3S. The van der Waals surface area contributed by atoms with Crippen molar-refractivity contribution in [3.63, 3.8) is 0 Å². The summed E-state index contributed by atoms with van der Waals surface area (Å²) < 4.78 is 29.7. The molecule has 1 fully saturated rings. The minimum absolute atomic E-state index is 0.368. The maximum absolute atomic E-state index is 11.5. The van der Waals surface area contributed by atoms with Crippen LogP contribution in [0.5, 0.6) is 0 Å². The van der Waals surface area contributed by atoms with E-state index in [0.717, 1.165) is 30.8 Å². The molecule has 1 aliphatic heterocycles. The zero-order chi connectivity index (χ0) is 13.9. The van der Waals surface area contributed by atoms with Crippen molar-refractivity contribution in [2.24, 2.45) is 5.92 Å². The highest BCUT2D eigenvalue weighted by Gasteiger charge is 2.25. The van der Waals surface area contributed by atoms with Gasteiger partial charge in [0.1, 0.15) is 0 Å². The highest BCUT2D eigenvalue weighted by Crippen LogP contribution is 2.18. The number of sulfonamides is 1. The van der Waals surface area contributed by atoms with Gasteiger partial charge in [-0.2, -0.15) is 0 Å². The third kappa shape index (κ3) is 4.29. The normalized spacial score (nSPS) is 21.7. The second-order valence-electron chi connectivity index (χ2n) is 5.19. The van der Waals surface area contributed by atoms with Gasteiger partial charge in [0.25, 0.3) is 0 Å². The predicted molar refractivity (Wildman–Crippen MR) is 72.1 cm³/mol. The zero-order valence-corrected chi connectivity index (χ0v) is 12.2. The third-order valence-corrected chi connectivity index (χ3v) is 4.63. The van der Waals surface area contributed by atoms with Crippen LogP contribution in [0.4, 0.5) is 0 Å². The Hall–Kier alpha value is -0.920. The molecule has 19 heavy (non-hydrogen) atoms. The molecule has 0 aliphatic carbocycles. The SMILES string of the molecule is Cc1cc(CNCC2CCCN(S(C)(=O)=O)C2)on1. The van der Waals surface area contributed by atoms with Crippen molar-refractivity contribution in [2.45, 2.75) is 26.3 Å².